The third-order valence-corrected chi connectivity index (χ3v) is 5.64. The maximum Gasteiger partial charge on any atom is 0.354 e. The quantitative estimate of drug-likeness (QED) is 0.421. The fraction of sp³-hybridized carbons (Fsp3) is 0.467. The van der Waals surface area contributed by atoms with Gasteiger partial charge in [-0.2, -0.15) is 0 Å². The highest BCUT2D eigenvalue weighted by Crippen LogP contribution is 2.44. The SMILES string of the molecule is O=C(O)CCC(CP(=O)(O)CCCc1cccnc1C(=O)O)C(=O)O. The summed E-state index contributed by atoms with van der Waals surface area (Å²) in [6.45, 7) is 0. The number of hydrogen-bond acceptors (Lipinski definition) is 5. The molecule has 0 fully saturated rings. The molecule has 138 valence electrons. The first kappa shape index (κ1) is 20.8. The van der Waals surface area contributed by atoms with Gasteiger partial charge < -0.3 is 20.2 Å². The molecule has 1 aromatic rings. The Bertz CT molecular complexity index is 690. The highest BCUT2D eigenvalue weighted by atomic mass is 31.2. The van der Waals surface area contributed by atoms with Crippen LogP contribution >= 0.6 is 7.37 Å². The molecule has 0 aliphatic carbocycles. The van der Waals surface area contributed by atoms with Gasteiger partial charge in [-0.3, -0.25) is 14.2 Å². The van der Waals surface area contributed by atoms with E-state index in [1.165, 1.54) is 6.20 Å². The van der Waals surface area contributed by atoms with Crippen LogP contribution in [0.25, 0.3) is 0 Å². The number of pyridine rings is 1. The Labute approximate surface area is 143 Å². The van der Waals surface area contributed by atoms with Crippen molar-refractivity contribution in [3.63, 3.8) is 0 Å². The second kappa shape index (κ2) is 9.29. The number of carboxylic acids is 3. The Morgan fingerprint density at radius 1 is 1.20 bits per heavy atom. The molecule has 0 aromatic carbocycles. The van der Waals surface area contributed by atoms with Gasteiger partial charge in [0, 0.05) is 24.9 Å². The molecule has 0 amide bonds. The third-order valence-electron chi connectivity index (χ3n) is 3.61. The van der Waals surface area contributed by atoms with Crippen molar-refractivity contribution in [1.29, 1.82) is 0 Å². The van der Waals surface area contributed by atoms with Crippen molar-refractivity contribution < 1.29 is 39.2 Å². The first-order valence-electron chi connectivity index (χ1n) is 7.55. The van der Waals surface area contributed by atoms with Crippen LogP contribution in [0.15, 0.2) is 18.3 Å². The third kappa shape index (κ3) is 7.45. The van der Waals surface area contributed by atoms with Gasteiger partial charge in [-0.25, -0.2) is 9.78 Å². The maximum atomic E-state index is 12.2. The van der Waals surface area contributed by atoms with Crippen LogP contribution in [0.1, 0.15) is 35.3 Å². The lowest BCUT2D eigenvalue weighted by molar-refractivity contribution is -0.142. The molecule has 2 unspecified atom stereocenters. The number of carbonyl (C=O) groups is 3. The predicted octanol–water partition coefficient (Wildman–Crippen LogP) is 1.55. The summed E-state index contributed by atoms with van der Waals surface area (Å²) in [6, 6.07) is 3.12. The summed E-state index contributed by atoms with van der Waals surface area (Å²) in [5, 5.41) is 26.7. The van der Waals surface area contributed by atoms with Gasteiger partial charge >= 0.3 is 17.9 Å². The Kier molecular flexibility index (Phi) is 7.73. The molecule has 1 aromatic heterocycles. The lowest BCUT2D eigenvalue weighted by atomic mass is 10.1. The molecular formula is C15H20NO8P. The van der Waals surface area contributed by atoms with Crippen molar-refractivity contribution in [3.05, 3.63) is 29.6 Å². The summed E-state index contributed by atoms with van der Waals surface area (Å²) >= 11 is 0. The number of aryl methyl sites for hydroxylation is 1. The summed E-state index contributed by atoms with van der Waals surface area (Å²) in [6.07, 6.45) is 0.434. The second-order valence-corrected chi connectivity index (χ2v) is 8.14. The van der Waals surface area contributed by atoms with Gasteiger partial charge in [0.05, 0.1) is 5.92 Å². The minimum atomic E-state index is -3.78. The van der Waals surface area contributed by atoms with E-state index in [1.54, 1.807) is 12.1 Å². The number of aliphatic carboxylic acids is 2. The molecule has 0 saturated carbocycles. The van der Waals surface area contributed by atoms with Crippen LogP contribution < -0.4 is 0 Å². The van der Waals surface area contributed by atoms with Crippen LogP contribution in [0.2, 0.25) is 0 Å². The zero-order valence-corrected chi connectivity index (χ0v) is 14.3. The summed E-state index contributed by atoms with van der Waals surface area (Å²) in [5.74, 6) is -4.88. The minimum Gasteiger partial charge on any atom is -0.481 e. The number of carboxylic acid groups (broad SMARTS) is 3. The van der Waals surface area contributed by atoms with E-state index >= 15 is 0 Å². The molecule has 9 nitrogen and oxygen atoms in total. The Morgan fingerprint density at radius 2 is 1.88 bits per heavy atom. The maximum absolute atomic E-state index is 12.2. The topological polar surface area (TPSA) is 162 Å². The molecule has 2 atom stereocenters. The first-order chi connectivity index (χ1) is 11.6. The largest absolute Gasteiger partial charge is 0.481 e. The molecule has 1 rings (SSSR count). The van der Waals surface area contributed by atoms with Crippen molar-refractivity contribution in [1.82, 2.24) is 4.98 Å². The van der Waals surface area contributed by atoms with Crippen molar-refractivity contribution in [2.45, 2.75) is 25.7 Å². The summed E-state index contributed by atoms with van der Waals surface area (Å²) in [4.78, 5) is 46.4. The average molecular weight is 373 g/mol. The van der Waals surface area contributed by atoms with Gasteiger partial charge in [-0.15, -0.1) is 0 Å². The molecule has 10 heteroatoms. The van der Waals surface area contributed by atoms with Gasteiger partial charge in [0.25, 0.3) is 0 Å². The standard InChI is InChI=1S/C15H20NO8P/c17-12(18)6-5-11(14(19)20)9-25(23,24)8-2-4-10-3-1-7-16-13(10)15(21)22/h1,3,7,11H,2,4-6,8-9H2,(H,17,18)(H,19,20)(H,21,22)(H,23,24). The zero-order valence-electron chi connectivity index (χ0n) is 13.4. The average Bonchev–Trinajstić information content (AvgIpc) is 2.51. The van der Waals surface area contributed by atoms with Crippen LogP contribution in [-0.2, 0) is 20.6 Å². The van der Waals surface area contributed by atoms with Gasteiger partial charge in [0.1, 0.15) is 0 Å². The van der Waals surface area contributed by atoms with E-state index < -0.39 is 43.8 Å². The predicted molar refractivity (Wildman–Crippen MR) is 87.1 cm³/mol. The van der Waals surface area contributed by atoms with Crippen molar-refractivity contribution in [2.24, 2.45) is 5.92 Å². The lowest BCUT2D eigenvalue weighted by Gasteiger charge is -2.17. The second-order valence-electron chi connectivity index (χ2n) is 5.64. The first-order valence-corrected chi connectivity index (χ1v) is 9.58. The van der Waals surface area contributed by atoms with E-state index in [-0.39, 0.29) is 31.1 Å². The van der Waals surface area contributed by atoms with E-state index in [0.717, 1.165) is 0 Å². The number of aromatic nitrogens is 1. The highest BCUT2D eigenvalue weighted by molar-refractivity contribution is 7.58. The van der Waals surface area contributed by atoms with Crippen molar-refractivity contribution >= 4 is 25.3 Å². The van der Waals surface area contributed by atoms with Gasteiger partial charge in [-0.1, -0.05) is 6.07 Å². The zero-order chi connectivity index (χ0) is 19.0. The minimum absolute atomic E-state index is 0.125. The molecule has 4 N–H and O–H groups in total. The van der Waals surface area contributed by atoms with Gasteiger partial charge in [0.2, 0.25) is 7.37 Å². The number of hydrogen-bond donors (Lipinski definition) is 4. The molecule has 0 radical (unpaired) electrons. The van der Waals surface area contributed by atoms with Crippen molar-refractivity contribution in [3.8, 4) is 0 Å². The van der Waals surface area contributed by atoms with Crippen LogP contribution in [0, 0.1) is 5.92 Å². The molecule has 25 heavy (non-hydrogen) atoms. The fourth-order valence-corrected chi connectivity index (χ4v) is 4.24. The summed E-state index contributed by atoms with van der Waals surface area (Å²) in [7, 11) is -3.78. The Balaban J connectivity index is 2.63. The molecule has 0 spiro atoms. The van der Waals surface area contributed by atoms with E-state index in [1.807, 2.05) is 0 Å². The molecule has 0 bridgehead atoms. The number of nitrogens with zero attached hydrogens (tertiary/aromatic N) is 1. The molecule has 0 aliphatic heterocycles. The van der Waals surface area contributed by atoms with E-state index in [0.29, 0.717) is 5.56 Å². The molecular weight excluding hydrogens is 353 g/mol. The lowest BCUT2D eigenvalue weighted by Crippen LogP contribution is -2.20. The van der Waals surface area contributed by atoms with Crippen LogP contribution in [0.5, 0.6) is 0 Å². The molecule has 1 heterocycles. The fourth-order valence-electron chi connectivity index (χ4n) is 2.38. The summed E-state index contributed by atoms with van der Waals surface area (Å²) < 4.78 is 12.2. The van der Waals surface area contributed by atoms with Crippen LogP contribution in [0.4, 0.5) is 0 Å². The van der Waals surface area contributed by atoms with E-state index in [2.05, 4.69) is 4.98 Å². The van der Waals surface area contributed by atoms with Crippen LogP contribution in [-0.4, -0.2) is 55.4 Å². The molecule has 0 saturated heterocycles. The van der Waals surface area contributed by atoms with Crippen molar-refractivity contribution in [2.75, 3.05) is 12.3 Å². The monoisotopic (exact) mass is 373 g/mol. The Morgan fingerprint density at radius 3 is 2.44 bits per heavy atom. The smallest absolute Gasteiger partial charge is 0.354 e. The highest BCUT2D eigenvalue weighted by Gasteiger charge is 2.29. The normalized spacial score (nSPS) is 14.4. The number of rotatable bonds is 11. The van der Waals surface area contributed by atoms with E-state index in [9.17, 15) is 23.8 Å². The van der Waals surface area contributed by atoms with Gasteiger partial charge in [0.15, 0.2) is 5.69 Å². The van der Waals surface area contributed by atoms with E-state index in [4.69, 9.17) is 15.3 Å². The summed E-state index contributed by atoms with van der Waals surface area (Å²) in [5.41, 5.74) is 0.302. The Hall–Kier alpha value is -2.25. The van der Waals surface area contributed by atoms with Gasteiger partial charge in [-0.05, 0) is 30.9 Å². The number of aromatic carboxylic acids is 1. The van der Waals surface area contributed by atoms with Crippen LogP contribution in [0.3, 0.4) is 0 Å². The molecule has 0 aliphatic rings.